The second kappa shape index (κ2) is 10.4. The van der Waals surface area contributed by atoms with Crippen LogP contribution in [0.15, 0.2) is 35.9 Å². The fraction of sp³-hybridized carbons (Fsp3) is 0.158. The Morgan fingerprint density at radius 1 is 1.31 bits per heavy atom. The van der Waals surface area contributed by atoms with Crippen molar-refractivity contribution in [3.8, 4) is 17.6 Å². The summed E-state index contributed by atoms with van der Waals surface area (Å²) in [4.78, 5) is 23.0. The lowest BCUT2D eigenvalue weighted by Gasteiger charge is -2.11. The number of non-ortho nitro benzene ring substituents is 1. The van der Waals surface area contributed by atoms with Crippen molar-refractivity contribution in [3.63, 3.8) is 0 Å². The largest absolute Gasteiger partial charge is 0.495 e. The highest BCUT2D eigenvalue weighted by atomic mass is 127. The minimum atomic E-state index is -0.704. The average Bonchev–Trinajstić information content (AvgIpc) is 2.68. The number of benzene rings is 2. The molecule has 150 valence electrons. The second-order valence-corrected chi connectivity index (χ2v) is 7.84. The average molecular weight is 619 g/mol. The molecule has 29 heavy (non-hydrogen) atoms. The van der Waals surface area contributed by atoms with Gasteiger partial charge in [0.2, 0.25) is 0 Å². The third kappa shape index (κ3) is 5.80. The number of ether oxygens (including phenoxy) is 2. The van der Waals surface area contributed by atoms with Crippen LogP contribution in [-0.2, 0) is 4.79 Å². The van der Waals surface area contributed by atoms with E-state index < -0.39 is 10.8 Å². The van der Waals surface area contributed by atoms with E-state index in [9.17, 15) is 20.2 Å². The Morgan fingerprint density at radius 3 is 2.48 bits per heavy atom. The monoisotopic (exact) mass is 619 g/mol. The molecule has 0 aliphatic rings. The van der Waals surface area contributed by atoms with E-state index in [2.05, 4.69) is 50.5 Å². The molecule has 1 N–H and O–H groups in total. The van der Waals surface area contributed by atoms with Gasteiger partial charge >= 0.3 is 0 Å². The SMILES string of the molecule is CCOc1c(I)cc(/C=C(\C#N)C(=O)Nc2cc([N+](=O)[O-])ccc2OC)cc1I. The van der Waals surface area contributed by atoms with E-state index in [1.54, 1.807) is 12.1 Å². The quantitative estimate of drug-likeness (QED) is 0.157. The van der Waals surface area contributed by atoms with Crippen LogP contribution in [0.3, 0.4) is 0 Å². The van der Waals surface area contributed by atoms with Crippen LogP contribution in [0, 0.1) is 28.6 Å². The van der Waals surface area contributed by atoms with Gasteiger partial charge in [-0.15, -0.1) is 0 Å². The van der Waals surface area contributed by atoms with Crippen molar-refractivity contribution in [1.82, 2.24) is 0 Å². The minimum Gasteiger partial charge on any atom is -0.495 e. The van der Waals surface area contributed by atoms with Crippen LogP contribution < -0.4 is 14.8 Å². The highest BCUT2D eigenvalue weighted by Gasteiger charge is 2.17. The Balaban J connectivity index is 2.36. The summed E-state index contributed by atoms with van der Waals surface area (Å²) in [7, 11) is 1.38. The predicted molar refractivity (Wildman–Crippen MR) is 125 cm³/mol. The molecule has 0 fully saturated rings. The number of hydrogen-bond acceptors (Lipinski definition) is 6. The number of nitro benzene ring substituents is 1. The summed E-state index contributed by atoms with van der Waals surface area (Å²) in [5.41, 5.74) is 0.386. The second-order valence-electron chi connectivity index (χ2n) is 5.51. The number of nitrogens with one attached hydrogen (secondary N) is 1. The van der Waals surface area contributed by atoms with Gasteiger partial charge in [-0.2, -0.15) is 5.26 Å². The molecular weight excluding hydrogens is 604 g/mol. The van der Waals surface area contributed by atoms with Crippen molar-refractivity contribution >= 4 is 68.5 Å². The first-order chi connectivity index (χ1) is 13.8. The summed E-state index contributed by atoms with van der Waals surface area (Å²) in [6, 6.07) is 9.27. The first-order valence-electron chi connectivity index (χ1n) is 8.18. The molecule has 1 amide bonds. The molecule has 0 unspecified atom stereocenters. The Kier molecular flexibility index (Phi) is 8.21. The lowest BCUT2D eigenvalue weighted by atomic mass is 10.1. The first kappa shape index (κ1) is 22.9. The van der Waals surface area contributed by atoms with Crippen LogP contribution in [0.2, 0.25) is 0 Å². The van der Waals surface area contributed by atoms with Crippen molar-refractivity contribution in [2.24, 2.45) is 0 Å². The van der Waals surface area contributed by atoms with Crippen LogP contribution in [0.5, 0.6) is 11.5 Å². The number of nitro groups is 1. The first-order valence-corrected chi connectivity index (χ1v) is 10.3. The number of carbonyl (C=O) groups excluding carboxylic acids is 1. The molecule has 2 rings (SSSR count). The van der Waals surface area contributed by atoms with Crippen LogP contribution in [0.4, 0.5) is 11.4 Å². The highest BCUT2D eigenvalue weighted by molar-refractivity contribution is 14.1. The van der Waals surface area contributed by atoms with E-state index in [-0.39, 0.29) is 22.7 Å². The number of nitrogens with zero attached hydrogens (tertiary/aromatic N) is 2. The maximum atomic E-state index is 12.6. The van der Waals surface area contributed by atoms with E-state index >= 15 is 0 Å². The maximum absolute atomic E-state index is 12.6. The van der Waals surface area contributed by atoms with Gasteiger partial charge in [0.15, 0.2) is 0 Å². The lowest BCUT2D eigenvalue weighted by molar-refractivity contribution is -0.384. The van der Waals surface area contributed by atoms with Gasteiger partial charge in [0, 0.05) is 12.1 Å². The number of anilines is 1. The molecule has 0 aromatic heterocycles. The molecule has 0 spiro atoms. The topological polar surface area (TPSA) is 114 Å². The van der Waals surface area contributed by atoms with Crippen LogP contribution >= 0.6 is 45.2 Å². The van der Waals surface area contributed by atoms with Gasteiger partial charge in [-0.05, 0) is 81.9 Å². The van der Waals surface area contributed by atoms with Crippen LogP contribution in [-0.4, -0.2) is 24.5 Å². The van der Waals surface area contributed by atoms with Crippen molar-refractivity contribution < 1.29 is 19.2 Å². The standard InChI is InChI=1S/C19H15I2N3O5/c1-3-29-18-14(20)7-11(8-15(18)21)6-12(10-22)19(25)23-16-9-13(24(26)27)4-5-17(16)28-2/h4-9H,3H2,1-2H3,(H,23,25)/b12-6+. The predicted octanol–water partition coefficient (Wildman–Crippen LogP) is 4.76. The number of rotatable bonds is 7. The molecule has 0 atom stereocenters. The molecule has 0 saturated heterocycles. The smallest absolute Gasteiger partial charge is 0.271 e. The zero-order chi connectivity index (χ0) is 21.6. The fourth-order valence-corrected chi connectivity index (χ4v) is 4.48. The molecule has 2 aromatic rings. The third-order valence-corrected chi connectivity index (χ3v) is 5.23. The molecule has 10 heteroatoms. The molecule has 0 bridgehead atoms. The van der Waals surface area contributed by atoms with Gasteiger partial charge in [0.1, 0.15) is 23.1 Å². The highest BCUT2D eigenvalue weighted by Crippen LogP contribution is 2.31. The van der Waals surface area contributed by atoms with Crippen LogP contribution in [0.25, 0.3) is 6.08 Å². The molecule has 2 aromatic carbocycles. The Labute approximate surface area is 194 Å². The van der Waals surface area contributed by atoms with E-state index in [1.165, 1.54) is 31.4 Å². The zero-order valence-electron chi connectivity index (χ0n) is 15.4. The Bertz CT molecular complexity index is 1010. The molecule has 0 saturated carbocycles. The van der Waals surface area contributed by atoms with Crippen molar-refractivity contribution in [1.29, 1.82) is 5.26 Å². The van der Waals surface area contributed by atoms with Gasteiger partial charge in [0.25, 0.3) is 11.6 Å². The van der Waals surface area contributed by atoms with E-state index in [1.807, 2.05) is 13.0 Å². The number of carbonyl (C=O) groups is 1. The fourth-order valence-electron chi connectivity index (χ4n) is 2.36. The van der Waals surface area contributed by atoms with E-state index in [0.717, 1.165) is 12.9 Å². The summed E-state index contributed by atoms with van der Waals surface area (Å²) in [5, 5.41) is 22.9. The molecular formula is C19H15I2N3O5. The zero-order valence-corrected chi connectivity index (χ0v) is 19.7. The normalized spacial score (nSPS) is 10.8. The number of methoxy groups -OCH3 is 1. The Morgan fingerprint density at radius 2 is 1.97 bits per heavy atom. The maximum Gasteiger partial charge on any atom is 0.271 e. The lowest BCUT2D eigenvalue weighted by Crippen LogP contribution is -2.14. The summed E-state index contributed by atoms with van der Waals surface area (Å²) < 4.78 is 12.4. The van der Waals surface area contributed by atoms with Crippen LogP contribution in [0.1, 0.15) is 12.5 Å². The number of nitriles is 1. The molecule has 0 aliphatic heterocycles. The summed E-state index contributed by atoms with van der Waals surface area (Å²) in [5.74, 6) is 0.284. The summed E-state index contributed by atoms with van der Waals surface area (Å²) in [6.07, 6.45) is 1.44. The summed E-state index contributed by atoms with van der Waals surface area (Å²) in [6.45, 7) is 2.42. The van der Waals surface area contributed by atoms with E-state index in [4.69, 9.17) is 9.47 Å². The van der Waals surface area contributed by atoms with Crippen molar-refractivity contribution in [2.75, 3.05) is 19.0 Å². The number of halogens is 2. The van der Waals surface area contributed by atoms with Crippen molar-refractivity contribution in [3.05, 3.63) is 58.7 Å². The minimum absolute atomic E-state index is 0.101. The van der Waals surface area contributed by atoms with Gasteiger partial charge in [0.05, 0.1) is 31.5 Å². The number of hydrogen-bond donors (Lipinski definition) is 1. The van der Waals surface area contributed by atoms with Crippen molar-refractivity contribution in [2.45, 2.75) is 6.92 Å². The molecule has 0 aliphatic carbocycles. The summed E-state index contributed by atoms with van der Waals surface area (Å²) >= 11 is 4.25. The van der Waals surface area contributed by atoms with E-state index in [0.29, 0.717) is 12.2 Å². The van der Waals surface area contributed by atoms with Gasteiger partial charge in [-0.25, -0.2) is 0 Å². The number of amides is 1. The molecule has 0 radical (unpaired) electrons. The van der Waals surface area contributed by atoms with Gasteiger partial charge in [-0.3, -0.25) is 14.9 Å². The van der Waals surface area contributed by atoms with Gasteiger partial charge in [-0.1, -0.05) is 0 Å². The molecule has 8 nitrogen and oxygen atoms in total. The Hall–Kier alpha value is -2.40. The van der Waals surface area contributed by atoms with Gasteiger partial charge < -0.3 is 14.8 Å². The third-order valence-electron chi connectivity index (χ3n) is 3.63. The molecule has 0 heterocycles.